The SMILES string of the molecule is COC(=O)c1ccc(OCCc2c(CO[Si](c3ccccc3)(c3ccccc3)C(C)(C)C)n(C(c3ccccc3)c3ccccc3)c3ccc(Cl)cc23)cc1OC. The van der Waals surface area contributed by atoms with Gasteiger partial charge in [-0.2, -0.15) is 0 Å². The third-order valence-corrected chi connectivity index (χ3v) is 15.9. The number of ether oxygens (including phenoxy) is 3. The van der Waals surface area contributed by atoms with Gasteiger partial charge in [0.15, 0.2) is 0 Å². The summed E-state index contributed by atoms with van der Waals surface area (Å²) in [5.41, 5.74) is 5.85. The molecule has 0 N–H and O–H groups in total. The van der Waals surface area contributed by atoms with E-state index in [1.165, 1.54) is 24.6 Å². The molecule has 0 saturated heterocycles. The molecular weight excluding hydrogens is 746 g/mol. The highest BCUT2D eigenvalue weighted by Crippen LogP contribution is 2.41. The van der Waals surface area contributed by atoms with E-state index < -0.39 is 14.3 Å². The molecule has 0 unspecified atom stereocenters. The van der Waals surface area contributed by atoms with E-state index in [-0.39, 0.29) is 11.1 Å². The van der Waals surface area contributed by atoms with E-state index >= 15 is 0 Å². The lowest BCUT2D eigenvalue weighted by atomic mass is 9.98. The Bertz CT molecular complexity index is 2350. The monoisotopic (exact) mass is 793 g/mol. The molecule has 1 aromatic heterocycles. The van der Waals surface area contributed by atoms with Gasteiger partial charge in [0.25, 0.3) is 8.32 Å². The van der Waals surface area contributed by atoms with E-state index in [9.17, 15) is 4.79 Å². The van der Waals surface area contributed by atoms with E-state index in [0.29, 0.717) is 41.7 Å². The van der Waals surface area contributed by atoms with Crippen molar-refractivity contribution in [2.75, 3.05) is 20.8 Å². The van der Waals surface area contributed by atoms with Gasteiger partial charge < -0.3 is 23.2 Å². The van der Waals surface area contributed by atoms with E-state index in [4.69, 9.17) is 30.2 Å². The minimum absolute atomic E-state index is 0.168. The summed E-state index contributed by atoms with van der Waals surface area (Å²) in [5, 5.41) is 3.90. The van der Waals surface area contributed by atoms with Gasteiger partial charge in [-0.3, -0.25) is 0 Å². The molecular formula is C49H48ClNO5Si. The van der Waals surface area contributed by atoms with Crippen LogP contribution in [0.1, 0.15) is 59.6 Å². The maximum absolute atomic E-state index is 12.4. The standard InChI is InChI=1S/C49H48ClNO5Si/c1-49(2,3)57(39-22-14-8-15-23-39,40-24-16-9-17-25-40)56-34-45-41(30-31-55-38-27-28-42(48(52)54-5)46(33-38)53-4)43-32-37(50)26-29-44(43)51(45)47(35-18-10-6-11-19-35)36-20-12-7-13-21-36/h6-29,32-33,47H,30-31,34H2,1-5H3. The molecule has 6 aromatic carbocycles. The number of esters is 1. The maximum Gasteiger partial charge on any atom is 0.341 e. The Morgan fingerprint density at radius 3 is 1.81 bits per heavy atom. The third kappa shape index (κ3) is 8.01. The van der Waals surface area contributed by atoms with Crippen LogP contribution in [0.3, 0.4) is 0 Å². The van der Waals surface area contributed by atoms with Gasteiger partial charge in [0.1, 0.15) is 17.1 Å². The Balaban J connectivity index is 1.42. The third-order valence-electron chi connectivity index (χ3n) is 10.7. The van der Waals surface area contributed by atoms with Crippen LogP contribution in [0.5, 0.6) is 11.5 Å². The second-order valence-corrected chi connectivity index (χ2v) is 19.8. The zero-order chi connectivity index (χ0) is 40.0. The number of fused-ring (bicyclic) bond motifs is 1. The van der Waals surface area contributed by atoms with Gasteiger partial charge in [0.2, 0.25) is 0 Å². The molecule has 8 heteroatoms. The van der Waals surface area contributed by atoms with Crippen molar-refractivity contribution in [1.29, 1.82) is 0 Å². The summed E-state index contributed by atoms with van der Waals surface area (Å²) in [6.07, 6.45) is 0.556. The molecule has 57 heavy (non-hydrogen) atoms. The molecule has 0 atom stereocenters. The molecule has 0 fully saturated rings. The molecule has 0 radical (unpaired) electrons. The van der Waals surface area contributed by atoms with Gasteiger partial charge in [-0.05, 0) is 62.4 Å². The van der Waals surface area contributed by atoms with E-state index in [1.807, 2.05) is 6.07 Å². The fourth-order valence-corrected chi connectivity index (χ4v) is 12.8. The lowest BCUT2D eigenvalue weighted by molar-refractivity contribution is 0.0597. The van der Waals surface area contributed by atoms with Crippen LogP contribution in [0.15, 0.2) is 158 Å². The number of carbonyl (C=O) groups is 1. The van der Waals surface area contributed by atoms with Crippen molar-refractivity contribution < 1.29 is 23.4 Å². The molecule has 0 amide bonds. The normalized spacial score (nSPS) is 11.8. The number of methoxy groups -OCH3 is 2. The summed E-state index contributed by atoms with van der Waals surface area (Å²) < 4.78 is 27.1. The quantitative estimate of drug-likeness (QED) is 0.0811. The van der Waals surface area contributed by atoms with Crippen molar-refractivity contribution in [3.05, 3.63) is 191 Å². The van der Waals surface area contributed by atoms with Crippen LogP contribution in [0.4, 0.5) is 0 Å². The van der Waals surface area contributed by atoms with Crippen molar-refractivity contribution in [3.8, 4) is 11.5 Å². The second-order valence-electron chi connectivity index (χ2n) is 15.1. The largest absolute Gasteiger partial charge is 0.496 e. The summed E-state index contributed by atoms with van der Waals surface area (Å²) in [5.74, 6) is 0.494. The number of halogens is 1. The van der Waals surface area contributed by atoms with Gasteiger partial charge in [-0.25, -0.2) is 4.79 Å². The summed E-state index contributed by atoms with van der Waals surface area (Å²) in [4.78, 5) is 12.4. The van der Waals surface area contributed by atoms with E-state index in [1.54, 1.807) is 18.2 Å². The first-order chi connectivity index (χ1) is 27.7. The van der Waals surface area contributed by atoms with E-state index in [2.05, 4.69) is 159 Å². The van der Waals surface area contributed by atoms with Crippen LogP contribution in [-0.4, -0.2) is 39.7 Å². The smallest absolute Gasteiger partial charge is 0.341 e. The molecule has 0 spiro atoms. The van der Waals surface area contributed by atoms with Crippen molar-refractivity contribution in [1.82, 2.24) is 4.57 Å². The average molecular weight is 794 g/mol. The van der Waals surface area contributed by atoms with Gasteiger partial charge in [0.05, 0.1) is 33.5 Å². The number of hydrogen-bond acceptors (Lipinski definition) is 5. The number of hydrogen-bond donors (Lipinski definition) is 0. The number of rotatable bonds is 14. The van der Waals surface area contributed by atoms with Crippen molar-refractivity contribution >= 4 is 47.2 Å². The topological polar surface area (TPSA) is 58.9 Å². The Kier molecular flexibility index (Phi) is 12.0. The first kappa shape index (κ1) is 39.6. The Labute approximate surface area is 341 Å². The fourth-order valence-electron chi connectivity index (χ4n) is 8.15. The lowest BCUT2D eigenvalue weighted by Gasteiger charge is -2.43. The summed E-state index contributed by atoms with van der Waals surface area (Å²) in [6, 6.07) is 53.9. The molecule has 1 heterocycles. The number of carbonyl (C=O) groups excluding carboxylic acids is 1. The lowest BCUT2D eigenvalue weighted by Crippen LogP contribution is -2.66. The summed E-state index contributed by atoms with van der Waals surface area (Å²) >= 11 is 6.83. The van der Waals surface area contributed by atoms with Crippen molar-refractivity contribution in [2.45, 2.75) is 44.9 Å². The summed E-state index contributed by atoms with van der Waals surface area (Å²) in [7, 11) is -0.0887. The molecule has 0 aliphatic heterocycles. The molecule has 0 aliphatic carbocycles. The average Bonchev–Trinajstić information content (AvgIpc) is 3.53. The molecule has 0 saturated carbocycles. The van der Waals surface area contributed by atoms with Crippen LogP contribution >= 0.6 is 11.6 Å². The molecule has 0 bridgehead atoms. The molecule has 0 aliphatic rings. The zero-order valence-electron chi connectivity index (χ0n) is 33.1. The van der Waals surface area contributed by atoms with E-state index in [0.717, 1.165) is 33.3 Å². The molecule has 7 aromatic rings. The molecule has 7 rings (SSSR count). The van der Waals surface area contributed by atoms with Gasteiger partial charge in [0, 0.05) is 34.1 Å². The van der Waals surface area contributed by atoms with Crippen LogP contribution < -0.4 is 19.8 Å². The van der Waals surface area contributed by atoms with Crippen molar-refractivity contribution in [3.63, 3.8) is 0 Å². The Hall–Kier alpha value is -5.60. The summed E-state index contributed by atoms with van der Waals surface area (Å²) in [6.45, 7) is 7.60. The number of benzene rings is 6. The predicted molar refractivity (Wildman–Crippen MR) is 233 cm³/mol. The van der Waals surface area contributed by atoms with Gasteiger partial charge in [-0.15, -0.1) is 0 Å². The predicted octanol–water partition coefficient (Wildman–Crippen LogP) is 10.4. The number of nitrogens with zero attached hydrogens (tertiary/aromatic N) is 1. The molecule has 290 valence electrons. The highest BCUT2D eigenvalue weighted by atomic mass is 35.5. The number of aromatic nitrogens is 1. The Morgan fingerprint density at radius 2 is 1.28 bits per heavy atom. The van der Waals surface area contributed by atoms with Crippen LogP contribution in [0.25, 0.3) is 10.9 Å². The Morgan fingerprint density at radius 1 is 0.719 bits per heavy atom. The second kappa shape index (κ2) is 17.3. The van der Waals surface area contributed by atoms with Gasteiger partial charge >= 0.3 is 5.97 Å². The highest BCUT2D eigenvalue weighted by Gasteiger charge is 2.50. The van der Waals surface area contributed by atoms with Crippen molar-refractivity contribution in [2.24, 2.45) is 0 Å². The molecule has 6 nitrogen and oxygen atoms in total. The highest BCUT2D eigenvalue weighted by molar-refractivity contribution is 6.99. The van der Waals surface area contributed by atoms with Crippen LogP contribution in [0, 0.1) is 0 Å². The first-order valence-corrected chi connectivity index (χ1v) is 21.5. The maximum atomic E-state index is 12.4. The zero-order valence-corrected chi connectivity index (χ0v) is 34.8. The minimum Gasteiger partial charge on any atom is -0.496 e. The first-order valence-electron chi connectivity index (χ1n) is 19.2. The minimum atomic E-state index is -2.97. The van der Waals surface area contributed by atoms with Crippen LogP contribution in [-0.2, 0) is 22.2 Å². The van der Waals surface area contributed by atoms with Gasteiger partial charge in [-0.1, -0.05) is 154 Å². The van der Waals surface area contributed by atoms with Crippen LogP contribution in [0.2, 0.25) is 10.1 Å². The fraction of sp³-hybridized carbons (Fsp3) is 0.204.